The predicted molar refractivity (Wildman–Crippen MR) is 88.2 cm³/mol. The van der Waals surface area contributed by atoms with Gasteiger partial charge in [0, 0.05) is 14.1 Å². The molecule has 126 valence electrons. The zero-order chi connectivity index (χ0) is 16.7. The first-order chi connectivity index (χ1) is 11.1. The maximum atomic E-state index is 12.1. The number of likely N-dealkylation sites (N-methyl/N-ethyl adjacent to an activating group) is 1. The second-order valence-electron chi connectivity index (χ2n) is 5.87. The number of carbonyl (C=O) groups excluding carboxylic acids is 2. The molecule has 1 heterocycles. The number of benzene rings is 1. The number of rotatable bonds is 7. The molecule has 1 saturated heterocycles. The molecule has 0 spiro atoms. The van der Waals surface area contributed by atoms with E-state index in [9.17, 15) is 9.59 Å². The minimum atomic E-state index is -0.170. The number of nitrogens with zero attached hydrogens (tertiary/aromatic N) is 2. The van der Waals surface area contributed by atoms with E-state index in [4.69, 9.17) is 4.74 Å². The van der Waals surface area contributed by atoms with Crippen LogP contribution in [0.3, 0.4) is 0 Å². The highest BCUT2D eigenvalue weighted by atomic mass is 16.5. The van der Waals surface area contributed by atoms with Crippen LogP contribution < -0.4 is 10.1 Å². The van der Waals surface area contributed by atoms with E-state index in [0.717, 1.165) is 25.1 Å². The second kappa shape index (κ2) is 8.53. The van der Waals surface area contributed by atoms with Crippen LogP contribution in [-0.4, -0.2) is 68.0 Å². The van der Waals surface area contributed by atoms with E-state index in [1.165, 1.54) is 0 Å². The van der Waals surface area contributed by atoms with Crippen LogP contribution >= 0.6 is 0 Å². The average molecular weight is 319 g/mol. The smallest absolute Gasteiger partial charge is 0.239 e. The Hall–Kier alpha value is -2.08. The van der Waals surface area contributed by atoms with Gasteiger partial charge in [-0.2, -0.15) is 0 Å². The van der Waals surface area contributed by atoms with Crippen molar-refractivity contribution in [1.29, 1.82) is 0 Å². The first-order valence-corrected chi connectivity index (χ1v) is 7.97. The van der Waals surface area contributed by atoms with Crippen molar-refractivity contribution < 1.29 is 14.3 Å². The van der Waals surface area contributed by atoms with Gasteiger partial charge in [-0.1, -0.05) is 18.2 Å². The highest BCUT2D eigenvalue weighted by molar-refractivity contribution is 5.83. The Bertz CT molecular complexity index is 519. The van der Waals surface area contributed by atoms with Crippen LogP contribution in [0.15, 0.2) is 30.3 Å². The van der Waals surface area contributed by atoms with Crippen molar-refractivity contribution in [2.75, 3.05) is 40.3 Å². The maximum Gasteiger partial charge on any atom is 0.239 e. The molecular weight excluding hydrogens is 294 g/mol. The summed E-state index contributed by atoms with van der Waals surface area (Å²) in [4.78, 5) is 27.6. The number of ether oxygens (including phenoxy) is 1. The van der Waals surface area contributed by atoms with Crippen LogP contribution in [0, 0.1) is 0 Å². The molecule has 2 amide bonds. The lowest BCUT2D eigenvalue weighted by Crippen LogP contribution is -2.47. The van der Waals surface area contributed by atoms with E-state index in [1.807, 2.05) is 35.2 Å². The van der Waals surface area contributed by atoms with Gasteiger partial charge in [-0.25, -0.2) is 0 Å². The molecule has 1 aliphatic heterocycles. The summed E-state index contributed by atoms with van der Waals surface area (Å²) < 4.78 is 5.53. The van der Waals surface area contributed by atoms with Gasteiger partial charge in [-0.05, 0) is 31.5 Å². The summed E-state index contributed by atoms with van der Waals surface area (Å²) in [6, 6.07) is 9.33. The maximum absolute atomic E-state index is 12.1. The van der Waals surface area contributed by atoms with E-state index in [2.05, 4.69) is 5.32 Å². The average Bonchev–Trinajstić information content (AvgIpc) is 2.99. The third-order valence-electron chi connectivity index (χ3n) is 3.87. The highest BCUT2D eigenvalue weighted by Gasteiger charge is 2.32. The molecule has 0 bridgehead atoms. The fourth-order valence-electron chi connectivity index (χ4n) is 2.71. The van der Waals surface area contributed by atoms with Gasteiger partial charge in [-0.3, -0.25) is 14.5 Å². The number of amides is 2. The molecule has 1 aromatic rings. The molecule has 2 rings (SSSR count). The van der Waals surface area contributed by atoms with Crippen LogP contribution in [0.4, 0.5) is 0 Å². The quantitative estimate of drug-likeness (QED) is 0.753. The lowest BCUT2D eigenvalue weighted by Gasteiger charge is -2.25. The van der Waals surface area contributed by atoms with E-state index in [-0.39, 0.29) is 24.4 Å². The lowest BCUT2D eigenvalue weighted by atomic mass is 10.2. The van der Waals surface area contributed by atoms with Gasteiger partial charge >= 0.3 is 0 Å². The monoisotopic (exact) mass is 319 g/mol. The Morgan fingerprint density at radius 2 is 2.04 bits per heavy atom. The van der Waals surface area contributed by atoms with Gasteiger partial charge in [0.25, 0.3) is 0 Å². The summed E-state index contributed by atoms with van der Waals surface area (Å²) >= 11 is 0. The molecule has 1 N–H and O–H groups in total. The molecule has 0 aliphatic carbocycles. The van der Waals surface area contributed by atoms with Crippen LogP contribution in [0.1, 0.15) is 12.8 Å². The number of hydrogen-bond acceptors (Lipinski definition) is 4. The zero-order valence-corrected chi connectivity index (χ0v) is 13.8. The van der Waals surface area contributed by atoms with Crippen molar-refractivity contribution in [3.63, 3.8) is 0 Å². The third-order valence-corrected chi connectivity index (χ3v) is 3.87. The summed E-state index contributed by atoms with van der Waals surface area (Å²) in [5.74, 6) is 0.792. The van der Waals surface area contributed by atoms with Gasteiger partial charge in [0.05, 0.1) is 19.1 Å². The first kappa shape index (κ1) is 17.3. The van der Waals surface area contributed by atoms with Crippen LogP contribution in [0.2, 0.25) is 0 Å². The molecule has 0 saturated carbocycles. The van der Waals surface area contributed by atoms with E-state index in [0.29, 0.717) is 13.2 Å². The van der Waals surface area contributed by atoms with Crippen molar-refractivity contribution >= 4 is 11.8 Å². The Morgan fingerprint density at radius 3 is 2.74 bits per heavy atom. The Labute approximate surface area is 137 Å². The molecule has 0 radical (unpaired) electrons. The Morgan fingerprint density at radius 1 is 1.30 bits per heavy atom. The summed E-state index contributed by atoms with van der Waals surface area (Å²) in [7, 11) is 3.50. The topological polar surface area (TPSA) is 61.9 Å². The van der Waals surface area contributed by atoms with Crippen LogP contribution in [0.5, 0.6) is 5.75 Å². The molecule has 1 atom stereocenters. The number of likely N-dealkylation sites (tertiary alicyclic amines) is 1. The summed E-state index contributed by atoms with van der Waals surface area (Å²) in [6.07, 6.45) is 1.77. The lowest BCUT2D eigenvalue weighted by molar-refractivity contribution is -0.134. The Kier molecular flexibility index (Phi) is 6.40. The Balaban J connectivity index is 1.69. The number of carbonyl (C=O) groups is 2. The van der Waals surface area contributed by atoms with E-state index < -0.39 is 0 Å². The first-order valence-electron chi connectivity index (χ1n) is 7.97. The minimum absolute atomic E-state index is 0.0693. The van der Waals surface area contributed by atoms with E-state index in [1.54, 1.807) is 19.0 Å². The van der Waals surface area contributed by atoms with Crippen molar-refractivity contribution in [3.8, 4) is 5.75 Å². The zero-order valence-electron chi connectivity index (χ0n) is 13.8. The molecule has 1 aromatic carbocycles. The van der Waals surface area contributed by atoms with Crippen molar-refractivity contribution in [3.05, 3.63) is 30.3 Å². The largest absolute Gasteiger partial charge is 0.492 e. The summed E-state index contributed by atoms with van der Waals surface area (Å²) in [5.41, 5.74) is 0. The summed E-state index contributed by atoms with van der Waals surface area (Å²) in [5, 5.41) is 2.84. The van der Waals surface area contributed by atoms with Gasteiger partial charge in [-0.15, -0.1) is 0 Å². The number of nitrogens with one attached hydrogen (secondary N) is 1. The minimum Gasteiger partial charge on any atom is -0.492 e. The molecule has 6 heteroatoms. The molecular formula is C17H25N3O3. The third kappa shape index (κ3) is 5.25. The van der Waals surface area contributed by atoms with Gasteiger partial charge in [0.1, 0.15) is 12.4 Å². The molecule has 6 nitrogen and oxygen atoms in total. The van der Waals surface area contributed by atoms with Gasteiger partial charge in [0.2, 0.25) is 11.8 Å². The van der Waals surface area contributed by atoms with Gasteiger partial charge in [0.15, 0.2) is 0 Å². The number of para-hydroxylation sites is 1. The number of hydrogen-bond donors (Lipinski definition) is 1. The van der Waals surface area contributed by atoms with Crippen molar-refractivity contribution in [1.82, 2.24) is 15.1 Å². The molecule has 0 aromatic heterocycles. The molecule has 1 unspecified atom stereocenters. The fraction of sp³-hybridized carbons (Fsp3) is 0.529. The fourth-order valence-corrected chi connectivity index (χ4v) is 2.71. The standard InChI is InChI=1S/C17H25N3O3/c1-19(2)17(22)15-9-6-11-20(15)13-16(21)18-10-12-23-14-7-4-3-5-8-14/h3-5,7-8,15H,6,9-13H2,1-2H3,(H,18,21). The molecule has 1 fully saturated rings. The van der Waals surface area contributed by atoms with Crippen molar-refractivity contribution in [2.45, 2.75) is 18.9 Å². The van der Waals surface area contributed by atoms with E-state index >= 15 is 0 Å². The van der Waals surface area contributed by atoms with Crippen LogP contribution in [-0.2, 0) is 9.59 Å². The summed E-state index contributed by atoms with van der Waals surface area (Å²) in [6.45, 7) is 1.93. The predicted octanol–water partition coefficient (Wildman–Crippen LogP) is 0.734. The molecule has 23 heavy (non-hydrogen) atoms. The highest BCUT2D eigenvalue weighted by Crippen LogP contribution is 2.18. The van der Waals surface area contributed by atoms with Crippen LogP contribution in [0.25, 0.3) is 0 Å². The van der Waals surface area contributed by atoms with Gasteiger partial charge < -0.3 is 15.0 Å². The van der Waals surface area contributed by atoms with Crippen molar-refractivity contribution in [2.24, 2.45) is 0 Å². The normalized spacial score (nSPS) is 17.7. The second-order valence-corrected chi connectivity index (χ2v) is 5.87. The SMILES string of the molecule is CN(C)C(=O)C1CCCN1CC(=O)NCCOc1ccccc1. The molecule has 1 aliphatic rings.